The second-order valence-corrected chi connectivity index (χ2v) is 10.2. The van der Waals surface area contributed by atoms with E-state index in [9.17, 15) is 0 Å². The lowest BCUT2D eigenvalue weighted by Crippen LogP contribution is -2.51. The molecule has 0 spiro atoms. The van der Waals surface area contributed by atoms with Gasteiger partial charge in [0.05, 0.1) is 24.9 Å². The third-order valence-corrected chi connectivity index (χ3v) is 7.59. The van der Waals surface area contributed by atoms with E-state index >= 15 is 0 Å². The van der Waals surface area contributed by atoms with Crippen molar-refractivity contribution in [1.29, 1.82) is 0 Å². The summed E-state index contributed by atoms with van der Waals surface area (Å²) >= 11 is 0. The number of nitrogens with zero attached hydrogens (tertiary/aromatic N) is 4. The van der Waals surface area contributed by atoms with Crippen molar-refractivity contribution >= 4 is 16.6 Å². The van der Waals surface area contributed by atoms with Crippen LogP contribution in [0.1, 0.15) is 61.0 Å². The van der Waals surface area contributed by atoms with Crippen LogP contribution in [0.3, 0.4) is 0 Å². The molecule has 172 valence electrons. The average Bonchev–Trinajstić information content (AvgIpc) is 3.33. The number of hydrogen-bond acceptors (Lipinski definition) is 4. The van der Waals surface area contributed by atoms with Gasteiger partial charge in [0.2, 0.25) is 0 Å². The van der Waals surface area contributed by atoms with Gasteiger partial charge in [0, 0.05) is 22.7 Å². The number of pyridine rings is 1. The molecule has 4 aromatic rings. The lowest BCUT2D eigenvalue weighted by atomic mass is 9.87. The standard InChI is InChI=1S/C27H33N5O/c1-16(2)25-23-12-20(19-7-9-31(10-8-19)22-14-33-15-22)5-6-24(23)29-26(25)21-11-17(3)27-28-18(4)30-32(27)13-21/h5-6,11-13,16,19,22,29H,7-10,14-15H2,1-4H3. The van der Waals surface area contributed by atoms with Gasteiger partial charge in [-0.1, -0.05) is 19.9 Å². The zero-order chi connectivity index (χ0) is 22.7. The Kier molecular flexibility index (Phi) is 5.03. The van der Waals surface area contributed by atoms with Gasteiger partial charge in [0.15, 0.2) is 5.65 Å². The summed E-state index contributed by atoms with van der Waals surface area (Å²) in [5.41, 5.74) is 8.54. The Balaban J connectivity index is 1.37. The van der Waals surface area contributed by atoms with Gasteiger partial charge in [-0.05, 0) is 86.5 Å². The van der Waals surface area contributed by atoms with E-state index in [1.165, 1.54) is 59.2 Å². The van der Waals surface area contributed by atoms with Gasteiger partial charge in [-0.3, -0.25) is 4.90 Å². The fourth-order valence-electron chi connectivity index (χ4n) is 5.74. The van der Waals surface area contributed by atoms with Crippen LogP contribution in [0.2, 0.25) is 0 Å². The van der Waals surface area contributed by atoms with E-state index in [0.717, 1.165) is 30.2 Å². The van der Waals surface area contributed by atoms with Crippen LogP contribution in [0.4, 0.5) is 0 Å². The second-order valence-electron chi connectivity index (χ2n) is 10.2. The number of benzene rings is 1. The highest BCUT2D eigenvalue weighted by Crippen LogP contribution is 2.39. The summed E-state index contributed by atoms with van der Waals surface area (Å²) in [6, 6.07) is 9.98. The van der Waals surface area contributed by atoms with Gasteiger partial charge < -0.3 is 9.72 Å². The van der Waals surface area contributed by atoms with Crippen LogP contribution in [-0.2, 0) is 4.74 Å². The van der Waals surface area contributed by atoms with Gasteiger partial charge in [-0.15, -0.1) is 0 Å². The molecular weight excluding hydrogens is 410 g/mol. The number of fused-ring (bicyclic) bond motifs is 2. The van der Waals surface area contributed by atoms with Crippen molar-refractivity contribution in [2.45, 2.75) is 58.4 Å². The number of aromatic amines is 1. The highest BCUT2D eigenvalue weighted by atomic mass is 16.5. The molecule has 0 saturated carbocycles. The zero-order valence-electron chi connectivity index (χ0n) is 20.1. The predicted octanol–water partition coefficient (Wildman–Crippen LogP) is 5.20. The maximum atomic E-state index is 5.40. The first-order chi connectivity index (χ1) is 16.0. The van der Waals surface area contributed by atoms with Crippen molar-refractivity contribution in [2.24, 2.45) is 0 Å². The highest BCUT2D eigenvalue weighted by molar-refractivity contribution is 5.92. The number of nitrogens with one attached hydrogen (secondary N) is 1. The Morgan fingerprint density at radius 1 is 1.09 bits per heavy atom. The van der Waals surface area contributed by atoms with E-state index in [-0.39, 0.29) is 0 Å². The van der Waals surface area contributed by atoms with Crippen molar-refractivity contribution in [3.05, 3.63) is 53.0 Å². The van der Waals surface area contributed by atoms with Gasteiger partial charge in [0.25, 0.3) is 0 Å². The molecule has 0 unspecified atom stereocenters. The van der Waals surface area contributed by atoms with Crippen LogP contribution in [0.15, 0.2) is 30.5 Å². The summed E-state index contributed by atoms with van der Waals surface area (Å²) in [5, 5.41) is 5.93. The molecule has 6 nitrogen and oxygen atoms in total. The fraction of sp³-hybridized carbons (Fsp3) is 0.481. The second kappa shape index (κ2) is 7.96. The Morgan fingerprint density at radius 3 is 2.58 bits per heavy atom. The van der Waals surface area contributed by atoms with E-state index in [1.807, 2.05) is 11.4 Å². The molecule has 0 radical (unpaired) electrons. The van der Waals surface area contributed by atoms with Crippen molar-refractivity contribution in [3.8, 4) is 11.3 Å². The molecule has 3 aromatic heterocycles. The summed E-state index contributed by atoms with van der Waals surface area (Å²) in [5.74, 6) is 1.86. The third-order valence-electron chi connectivity index (χ3n) is 7.59. The van der Waals surface area contributed by atoms with Crippen LogP contribution >= 0.6 is 0 Å². The Bertz CT molecular complexity index is 1320. The molecule has 1 N–H and O–H groups in total. The molecule has 0 bridgehead atoms. The summed E-state index contributed by atoms with van der Waals surface area (Å²) in [7, 11) is 0. The minimum atomic E-state index is 0.415. The molecule has 0 atom stereocenters. The van der Waals surface area contributed by atoms with Crippen molar-refractivity contribution in [3.63, 3.8) is 0 Å². The monoisotopic (exact) mass is 443 g/mol. The molecule has 6 rings (SSSR count). The molecule has 33 heavy (non-hydrogen) atoms. The van der Waals surface area contributed by atoms with Gasteiger partial charge in [-0.25, -0.2) is 9.50 Å². The van der Waals surface area contributed by atoms with Crippen molar-refractivity contribution < 1.29 is 4.74 Å². The Morgan fingerprint density at radius 2 is 1.88 bits per heavy atom. The molecule has 1 aromatic carbocycles. The first-order valence-corrected chi connectivity index (χ1v) is 12.3. The molecule has 6 heteroatoms. The van der Waals surface area contributed by atoms with E-state index < -0.39 is 0 Å². The van der Waals surface area contributed by atoms with E-state index in [2.05, 4.69) is 71.2 Å². The largest absolute Gasteiger partial charge is 0.378 e. The summed E-state index contributed by atoms with van der Waals surface area (Å²) in [4.78, 5) is 10.9. The lowest BCUT2D eigenvalue weighted by Gasteiger charge is -2.41. The number of likely N-dealkylation sites (tertiary alicyclic amines) is 1. The molecule has 2 fully saturated rings. The Labute approximate surface area is 195 Å². The van der Waals surface area contributed by atoms with Crippen LogP contribution in [0.25, 0.3) is 27.8 Å². The number of ether oxygens (including phenoxy) is 1. The third kappa shape index (κ3) is 3.56. The number of piperidine rings is 1. The zero-order valence-corrected chi connectivity index (χ0v) is 20.1. The number of hydrogen-bond donors (Lipinski definition) is 1. The molecule has 2 aliphatic heterocycles. The first kappa shape index (κ1) is 20.9. The summed E-state index contributed by atoms with van der Waals surface area (Å²) < 4.78 is 7.32. The minimum absolute atomic E-state index is 0.415. The highest BCUT2D eigenvalue weighted by Gasteiger charge is 2.30. The van der Waals surface area contributed by atoms with Crippen LogP contribution in [0.5, 0.6) is 0 Å². The van der Waals surface area contributed by atoms with Gasteiger partial charge >= 0.3 is 0 Å². The topological polar surface area (TPSA) is 58.5 Å². The number of rotatable bonds is 4. The SMILES string of the molecule is Cc1nc2c(C)cc(-c3[nH]c4ccc(C5CCN(C6COC6)CC5)cc4c3C(C)C)cn2n1. The summed E-state index contributed by atoms with van der Waals surface area (Å²) in [6.07, 6.45) is 4.58. The number of aromatic nitrogens is 4. The quantitative estimate of drug-likeness (QED) is 0.471. The number of H-pyrrole nitrogens is 1. The maximum Gasteiger partial charge on any atom is 0.158 e. The summed E-state index contributed by atoms with van der Waals surface area (Å²) in [6.45, 7) is 12.8. The lowest BCUT2D eigenvalue weighted by molar-refractivity contribution is -0.0712. The average molecular weight is 444 g/mol. The van der Waals surface area contributed by atoms with Crippen molar-refractivity contribution in [1.82, 2.24) is 24.5 Å². The fourth-order valence-corrected chi connectivity index (χ4v) is 5.74. The normalized spacial score (nSPS) is 18.6. The van der Waals surface area contributed by atoms with Crippen LogP contribution in [0, 0.1) is 13.8 Å². The molecule has 2 aliphatic rings. The number of aryl methyl sites for hydroxylation is 2. The smallest absolute Gasteiger partial charge is 0.158 e. The maximum absolute atomic E-state index is 5.40. The van der Waals surface area contributed by atoms with Crippen molar-refractivity contribution in [2.75, 3.05) is 26.3 Å². The molecular formula is C27H33N5O. The molecule has 0 aliphatic carbocycles. The molecule has 0 amide bonds. The Hall–Kier alpha value is -2.70. The first-order valence-electron chi connectivity index (χ1n) is 12.3. The van der Waals surface area contributed by atoms with Gasteiger partial charge in [-0.2, -0.15) is 5.10 Å². The predicted molar refractivity (Wildman–Crippen MR) is 132 cm³/mol. The van der Waals surface area contributed by atoms with E-state index in [0.29, 0.717) is 17.9 Å². The van der Waals surface area contributed by atoms with Crippen LogP contribution < -0.4 is 0 Å². The van der Waals surface area contributed by atoms with E-state index in [1.54, 1.807) is 0 Å². The molecule has 2 saturated heterocycles. The van der Waals surface area contributed by atoms with E-state index in [4.69, 9.17) is 4.74 Å². The molecule has 5 heterocycles. The minimum Gasteiger partial charge on any atom is -0.378 e. The van der Waals surface area contributed by atoms with Gasteiger partial charge in [0.1, 0.15) is 5.82 Å². The van der Waals surface area contributed by atoms with Crippen LogP contribution in [-0.4, -0.2) is 56.8 Å².